The van der Waals surface area contributed by atoms with Crippen molar-refractivity contribution in [1.29, 1.82) is 0 Å². The second kappa shape index (κ2) is 8.77. The number of nitrogen functional groups attached to an aromatic ring is 1. The molecular weight excluding hydrogens is 240 g/mol. The third-order valence-corrected chi connectivity index (χ3v) is 3.03. The van der Waals surface area contributed by atoms with E-state index in [1.807, 2.05) is 24.3 Å². The van der Waals surface area contributed by atoms with E-state index in [9.17, 15) is 0 Å². The molecule has 19 heavy (non-hydrogen) atoms. The van der Waals surface area contributed by atoms with Crippen LogP contribution in [0, 0.1) is 0 Å². The SMILES string of the molecule is COCCN(CCCOc1cccc(N)c1)C(C)C. The van der Waals surface area contributed by atoms with Gasteiger partial charge < -0.3 is 15.2 Å². The van der Waals surface area contributed by atoms with Crippen LogP contribution in [0.4, 0.5) is 5.69 Å². The van der Waals surface area contributed by atoms with Gasteiger partial charge in [-0.05, 0) is 32.4 Å². The number of anilines is 1. The first-order valence-electron chi connectivity index (χ1n) is 6.85. The minimum Gasteiger partial charge on any atom is -0.493 e. The highest BCUT2D eigenvalue weighted by atomic mass is 16.5. The molecule has 1 aromatic rings. The number of hydrogen-bond acceptors (Lipinski definition) is 4. The Labute approximate surface area is 116 Å². The Morgan fingerprint density at radius 2 is 2.00 bits per heavy atom. The molecule has 0 aliphatic rings. The van der Waals surface area contributed by atoms with Crippen LogP contribution in [0.25, 0.3) is 0 Å². The summed E-state index contributed by atoms with van der Waals surface area (Å²) in [4.78, 5) is 2.40. The monoisotopic (exact) mass is 266 g/mol. The van der Waals surface area contributed by atoms with Crippen LogP contribution in [0.5, 0.6) is 5.75 Å². The summed E-state index contributed by atoms with van der Waals surface area (Å²) in [6.45, 7) is 7.87. The molecule has 2 N–H and O–H groups in total. The molecule has 4 heteroatoms. The van der Waals surface area contributed by atoms with Gasteiger partial charge in [-0.2, -0.15) is 0 Å². The zero-order chi connectivity index (χ0) is 14.1. The first kappa shape index (κ1) is 15.8. The van der Waals surface area contributed by atoms with Crippen LogP contribution in [0.1, 0.15) is 20.3 Å². The van der Waals surface area contributed by atoms with E-state index in [4.69, 9.17) is 15.2 Å². The maximum absolute atomic E-state index is 5.70. The summed E-state index contributed by atoms with van der Waals surface area (Å²) in [6.07, 6.45) is 0.997. The molecule has 0 radical (unpaired) electrons. The van der Waals surface area contributed by atoms with Gasteiger partial charge in [-0.25, -0.2) is 0 Å². The fourth-order valence-electron chi connectivity index (χ4n) is 1.90. The molecule has 4 nitrogen and oxygen atoms in total. The van der Waals surface area contributed by atoms with Crippen molar-refractivity contribution in [3.8, 4) is 5.75 Å². The Morgan fingerprint density at radius 3 is 2.63 bits per heavy atom. The minimum absolute atomic E-state index is 0.530. The fraction of sp³-hybridized carbons (Fsp3) is 0.600. The lowest BCUT2D eigenvalue weighted by molar-refractivity contribution is 0.124. The second-order valence-electron chi connectivity index (χ2n) is 4.90. The van der Waals surface area contributed by atoms with E-state index < -0.39 is 0 Å². The second-order valence-corrected chi connectivity index (χ2v) is 4.90. The summed E-state index contributed by atoms with van der Waals surface area (Å²) in [5, 5.41) is 0. The predicted octanol–water partition coefficient (Wildman–Crippen LogP) is 2.39. The van der Waals surface area contributed by atoms with Gasteiger partial charge >= 0.3 is 0 Å². The van der Waals surface area contributed by atoms with Crippen molar-refractivity contribution in [1.82, 2.24) is 4.90 Å². The molecule has 0 aromatic heterocycles. The highest BCUT2D eigenvalue weighted by molar-refractivity contribution is 5.43. The van der Waals surface area contributed by atoms with Gasteiger partial charge in [0.1, 0.15) is 5.75 Å². The van der Waals surface area contributed by atoms with E-state index in [1.165, 1.54) is 0 Å². The van der Waals surface area contributed by atoms with E-state index in [0.717, 1.165) is 37.6 Å². The quantitative estimate of drug-likeness (QED) is 0.551. The zero-order valence-corrected chi connectivity index (χ0v) is 12.3. The number of methoxy groups -OCH3 is 1. The molecule has 0 atom stereocenters. The van der Waals surface area contributed by atoms with Crippen LogP contribution < -0.4 is 10.5 Å². The summed E-state index contributed by atoms with van der Waals surface area (Å²) >= 11 is 0. The average Bonchev–Trinajstić information content (AvgIpc) is 2.37. The van der Waals surface area contributed by atoms with Crippen molar-refractivity contribution in [3.63, 3.8) is 0 Å². The van der Waals surface area contributed by atoms with E-state index in [1.54, 1.807) is 7.11 Å². The Bertz CT molecular complexity index is 356. The van der Waals surface area contributed by atoms with Crippen molar-refractivity contribution in [2.24, 2.45) is 0 Å². The molecule has 0 heterocycles. The number of nitrogens with zero attached hydrogens (tertiary/aromatic N) is 1. The molecule has 0 saturated carbocycles. The first-order valence-corrected chi connectivity index (χ1v) is 6.85. The Hall–Kier alpha value is -1.26. The highest BCUT2D eigenvalue weighted by Crippen LogP contribution is 2.14. The van der Waals surface area contributed by atoms with Crippen molar-refractivity contribution in [2.75, 3.05) is 39.1 Å². The van der Waals surface area contributed by atoms with Crippen LogP contribution in [0.3, 0.4) is 0 Å². The van der Waals surface area contributed by atoms with Gasteiger partial charge in [0.2, 0.25) is 0 Å². The van der Waals surface area contributed by atoms with Crippen molar-refractivity contribution in [3.05, 3.63) is 24.3 Å². The molecule has 1 rings (SSSR count). The van der Waals surface area contributed by atoms with Crippen molar-refractivity contribution < 1.29 is 9.47 Å². The van der Waals surface area contributed by atoms with Crippen LogP contribution in [-0.4, -0.2) is 44.4 Å². The van der Waals surface area contributed by atoms with Crippen LogP contribution >= 0.6 is 0 Å². The van der Waals surface area contributed by atoms with Gasteiger partial charge in [-0.3, -0.25) is 4.90 Å². The molecule has 0 unspecified atom stereocenters. The van der Waals surface area contributed by atoms with Gasteiger partial charge in [0, 0.05) is 38.0 Å². The van der Waals surface area contributed by atoms with Gasteiger partial charge in [-0.1, -0.05) is 6.07 Å². The third-order valence-electron chi connectivity index (χ3n) is 3.03. The highest BCUT2D eigenvalue weighted by Gasteiger charge is 2.08. The molecule has 0 amide bonds. The summed E-state index contributed by atoms with van der Waals surface area (Å²) in [6, 6.07) is 8.08. The third kappa shape index (κ3) is 6.45. The fourth-order valence-corrected chi connectivity index (χ4v) is 1.90. The lowest BCUT2D eigenvalue weighted by atomic mass is 10.3. The van der Waals surface area contributed by atoms with Crippen LogP contribution in [0.2, 0.25) is 0 Å². The zero-order valence-electron chi connectivity index (χ0n) is 12.3. The Kier molecular flexibility index (Phi) is 7.30. The summed E-state index contributed by atoms with van der Waals surface area (Å²) in [7, 11) is 1.74. The van der Waals surface area contributed by atoms with E-state index in [2.05, 4.69) is 18.7 Å². The average molecular weight is 266 g/mol. The van der Waals surface area contributed by atoms with Gasteiger partial charge in [0.05, 0.1) is 13.2 Å². The molecule has 0 bridgehead atoms. The largest absolute Gasteiger partial charge is 0.493 e. The molecule has 0 aliphatic carbocycles. The van der Waals surface area contributed by atoms with E-state index >= 15 is 0 Å². The molecule has 108 valence electrons. The molecular formula is C15H26N2O2. The summed E-state index contributed by atoms with van der Waals surface area (Å²) in [5.41, 5.74) is 6.44. The number of ether oxygens (including phenoxy) is 2. The minimum atomic E-state index is 0.530. The Balaban J connectivity index is 2.24. The topological polar surface area (TPSA) is 47.7 Å². The number of benzene rings is 1. The molecule has 0 spiro atoms. The normalized spacial score (nSPS) is 11.2. The van der Waals surface area contributed by atoms with Gasteiger partial charge in [0.25, 0.3) is 0 Å². The van der Waals surface area contributed by atoms with E-state index in [0.29, 0.717) is 12.6 Å². The lowest BCUT2D eigenvalue weighted by Gasteiger charge is -2.26. The van der Waals surface area contributed by atoms with Gasteiger partial charge in [-0.15, -0.1) is 0 Å². The molecule has 1 aromatic carbocycles. The molecule has 0 fully saturated rings. The van der Waals surface area contributed by atoms with Gasteiger partial charge in [0.15, 0.2) is 0 Å². The number of rotatable bonds is 9. The Morgan fingerprint density at radius 1 is 1.21 bits per heavy atom. The first-order chi connectivity index (χ1) is 9.13. The summed E-state index contributed by atoms with van der Waals surface area (Å²) in [5.74, 6) is 0.841. The van der Waals surface area contributed by atoms with E-state index in [-0.39, 0.29) is 0 Å². The maximum Gasteiger partial charge on any atom is 0.121 e. The predicted molar refractivity (Wildman–Crippen MR) is 79.6 cm³/mol. The summed E-state index contributed by atoms with van der Waals surface area (Å²) < 4.78 is 10.8. The van der Waals surface area contributed by atoms with Crippen LogP contribution in [0.15, 0.2) is 24.3 Å². The number of hydrogen-bond donors (Lipinski definition) is 1. The maximum atomic E-state index is 5.70. The number of nitrogens with two attached hydrogens (primary N) is 1. The smallest absolute Gasteiger partial charge is 0.121 e. The molecule has 0 aliphatic heterocycles. The van der Waals surface area contributed by atoms with Crippen molar-refractivity contribution in [2.45, 2.75) is 26.3 Å². The lowest BCUT2D eigenvalue weighted by Crippen LogP contribution is -2.35. The molecule has 0 saturated heterocycles. The van der Waals surface area contributed by atoms with Crippen molar-refractivity contribution >= 4 is 5.69 Å². The van der Waals surface area contributed by atoms with Crippen LogP contribution in [-0.2, 0) is 4.74 Å². The standard InChI is InChI=1S/C15H26N2O2/c1-13(2)17(9-11-18-3)8-5-10-19-15-7-4-6-14(16)12-15/h4,6-7,12-13H,5,8-11,16H2,1-3H3.